The van der Waals surface area contributed by atoms with Gasteiger partial charge in [0.25, 0.3) is 0 Å². The van der Waals surface area contributed by atoms with E-state index < -0.39 is 83.8 Å². The highest BCUT2D eigenvalue weighted by atomic mass is 31.2. The van der Waals surface area contributed by atoms with E-state index in [0.29, 0.717) is 25.7 Å². The lowest BCUT2D eigenvalue weighted by Gasteiger charge is -2.22. The van der Waals surface area contributed by atoms with Crippen LogP contribution in [0.3, 0.4) is 0 Å². The average Bonchev–Trinajstić information content (AvgIpc) is 3.27. The second-order valence-corrected chi connectivity index (χ2v) is 20.3. The van der Waals surface area contributed by atoms with Crippen LogP contribution in [0.25, 0.3) is 0 Å². The van der Waals surface area contributed by atoms with E-state index in [1.54, 1.807) is 0 Å². The molecule has 0 aromatic carbocycles. The Balaban J connectivity index is 5.37. The van der Waals surface area contributed by atoms with E-state index in [2.05, 4.69) is 41.2 Å². The number of esters is 1. The lowest BCUT2D eigenvalue weighted by molar-refractivity contribution is -0.150. The molecule has 0 heterocycles. The Morgan fingerprint density at radius 2 is 0.985 bits per heavy atom. The first-order valence-corrected chi connectivity index (χ1v) is 28.7. The first kappa shape index (κ1) is 64.6. The van der Waals surface area contributed by atoms with Crippen molar-refractivity contribution in [3.8, 4) is 0 Å². The molecule has 0 saturated carbocycles. The maximum absolute atomic E-state index is 13.5. The van der Waals surface area contributed by atoms with Crippen molar-refractivity contribution in [3.63, 3.8) is 0 Å². The van der Waals surface area contributed by atoms with Gasteiger partial charge in [0.1, 0.15) is 18.1 Å². The van der Waals surface area contributed by atoms with Crippen LogP contribution in [0.4, 0.5) is 0 Å². The van der Waals surface area contributed by atoms with Crippen molar-refractivity contribution in [2.24, 2.45) is 5.92 Å². The van der Waals surface area contributed by atoms with E-state index in [9.17, 15) is 43.1 Å². The second kappa shape index (κ2) is 42.4. The fourth-order valence-electron chi connectivity index (χ4n) is 7.44. The molecule has 0 radical (unpaired) electrons. The normalized spacial score (nSPS) is 13.9. The molecule has 0 bridgehead atoms. The number of carbonyl (C=O) groups is 5. The minimum absolute atomic E-state index is 0.107. The van der Waals surface area contributed by atoms with Crippen molar-refractivity contribution in [2.45, 2.75) is 232 Å². The second-order valence-electron chi connectivity index (χ2n) is 17.6. The standard InChI is InChI=1S/C47H91N3O15P2/c1-4-7-10-13-15-17-18-20-21-24-27-32-43(51)50-42(39-64-67(60,61)63-38-36-49-45(53)41(47(55)56)31-29-37-62-66(57,58)59)46(54)48-35-34-40(30-26-23-12-9-6-3)65-44(52)33-28-25-22-19-16-14-11-8-5-2/h40-42H,4-39H2,1-3H3,(H,48,54)(H,49,53)(H,50,51)(H,55,56)(H,60,61)(H2,57,58,59)/t40?,41?,42-/m1/s1. The molecule has 7 N–H and O–H groups in total. The van der Waals surface area contributed by atoms with Crippen LogP contribution in [0.5, 0.6) is 0 Å². The summed E-state index contributed by atoms with van der Waals surface area (Å²) in [4.78, 5) is 91.5. The van der Waals surface area contributed by atoms with Gasteiger partial charge in [-0.1, -0.05) is 162 Å². The molecule has 0 aromatic rings. The monoisotopic (exact) mass is 1000 g/mol. The molecule has 0 aliphatic heterocycles. The van der Waals surface area contributed by atoms with Gasteiger partial charge in [-0.15, -0.1) is 0 Å². The number of amides is 3. The summed E-state index contributed by atoms with van der Waals surface area (Å²) in [6.07, 6.45) is 28.0. The molecule has 3 unspecified atom stereocenters. The molecule has 18 nitrogen and oxygen atoms in total. The zero-order valence-corrected chi connectivity index (χ0v) is 43.2. The fourth-order valence-corrected chi connectivity index (χ4v) is 8.54. The van der Waals surface area contributed by atoms with Gasteiger partial charge >= 0.3 is 27.6 Å². The summed E-state index contributed by atoms with van der Waals surface area (Å²) in [5.74, 6) is -5.43. The highest BCUT2D eigenvalue weighted by Crippen LogP contribution is 2.43. The maximum atomic E-state index is 13.5. The molecule has 20 heteroatoms. The predicted octanol–water partition coefficient (Wildman–Crippen LogP) is 9.71. The Morgan fingerprint density at radius 3 is 1.49 bits per heavy atom. The number of hydrogen-bond acceptors (Lipinski definition) is 11. The topological polar surface area (TPSA) is 273 Å². The molecular weight excluding hydrogens is 908 g/mol. The van der Waals surface area contributed by atoms with Crippen molar-refractivity contribution in [3.05, 3.63) is 0 Å². The third-order valence-corrected chi connectivity index (χ3v) is 12.9. The third-order valence-electron chi connectivity index (χ3n) is 11.4. The first-order valence-electron chi connectivity index (χ1n) is 25.6. The van der Waals surface area contributed by atoms with Gasteiger partial charge < -0.3 is 40.5 Å². The molecule has 0 rings (SSSR count). The molecule has 0 spiro atoms. The van der Waals surface area contributed by atoms with Crippen LogP contribution in [0.1, 0.15) is 220 Å². The molecule has 67 heavy (non-hydrogen) atoms. The summed E-state index contributed by atoms with van der Waals surface area (Å²) in [5, 5.41) is 17.1. The van der Waals surface area contributed by atoms with Gasteiger partial charge in [0, 0.05) is 32.4 Å². The zero-order valence-electron chi connectivity index (χ0n) is 41.4. The van der Waals surface area contributed by atoms with E-state index >= 15 is 0 Å². The van der Waals surface area contributed by atoms with Crippen LogP contribution in [0.15, 0.2) is 0 Å². The maximum Gasteiger partial charge on any atom is 0.472 e. The van der Waals surface area contributed by atoms with Gasteiger partial charge in [-0.25, -0.2) is 9.13 Å². The number of carbonyl (C=O) groups excluding carboxylic acids is 4. The molecule has 0 fully saturated rings. The van der Waals surface area contributed by atoms with E-state index in [1.807, 2.05) is 0 Å². The fraction of sp³-hybridized carbons (Fsp3) is 0.894. The summed E-state index contributed by atoms with van der Waals surface area (Å²) >= 11 is 0. The molecule has 394 valence electrons. The summed E-state index contributed by atoms with van der Waals surface area (Å²) in [6.45, 7) is 4.44. The minimum atomic E-state index is -4.87. The van der Waals surface area contributed by atoms with Crippen molar-refractivity contribution >= 4 is 45.3 Å². The molecule has 4 atom stereocenters. The Kier molecular flexibility index (Phi) is 40.9. The lowest BCUT2D eigenvalue weighted by atomic mass is 10.0. The quantitative estimate of drug-likeness (QED) is 0.0129. The number of nitrogens with one attached hydrogen (secondary N) is 3. The lowest BCUT2D eigenvalue weighted by Crippen LogP contribution is -2.49. The molecular formula is C47H91N3O15P2. The van der Waals surface area contributed by atoms with Crippen molar-refractivity contribution in [2.75, 3.05) is 32.9 Å². The Bertz CT molecular complexity index is 1400. The number of aliphatic carboxylic acids is 1. The summed E-state index contributed by atoms with van der Waals surface area (Å²) in [7, 11) is -9.63. The number of carboxylic acids is 1. The van der Waals surface area contributed by atoms with Crippen LogP contribution >= 0.6 is 15.6 Å². The number of phosphoric acid groups is 2. The van der Waals surface area contributed by atoms with Crippen molar-refractivity contribution in [1.82, 2.24) is 16.0 Å². The minimum Gasteiger partial charge on any atom is -0.481 e. The number of phosphoric ester groups is 2. The van der Waals surface area contributed by atoms with Crippen molar-refractivity contribution < 1.29 is 71.2 Å². The number of rotatable bonds is 48. The largest absolute Gasteiger partial charge is 0.481 e. The Morgan fingerprint density at radius 1 is 0.507 bits per heavy atom. The highest BCUT2D eigenvalue weighted by molar-refractivity contribution is 7.47. The first-order chi connectivity index (χ1) is 32.0. The van der Waals surface area contributed by atoms with Gasteiger partial charge in [0.2, 0.25) is 17.7 Å². The van der Waals surface area contributed by atoms with Crippen LogP contribution in [-0.4, -0.2) is 94.5 Å². The molecule has 3 amide bonds. The van der Waals surface area contributed by atoms with Crippen molar-refractivity contribution in [1.29, 1.82) is 0 Å². The van der Waals surface area contributed by atoms with Crippen LogP contribution < -0.4 is 16.0 Å². The van der Waals surface area contributed by atoms with Crippen LogP contribution in [-0.2, 0) is 51.4 Å². The number of carboxylic acid groups (broad SMARTS) is 1. The Hall–Kier alpha value is -2.43. The highest BCUT2D eigenvalue weighted by Gasteiger charge is 2.30. The molecule has 0 aromatic heterocycles. The van der Waals surface area contributed by atoms with E-state index in [1.165, 1.54) is 70.6 Å². The van der Waals surface area contributed by atoms with Crippen LogP contribution in [0.2, 0.25) is 0 Å². The Labute approximate surface area is 402 Å². The molecule has 0 aliphatic carbocycles. The van der Waals surface area contributed by atoms with Gasteiger partial charge in [-0.05, 0) is 38.5 Å². The zero-order chi connectivity index (χ0) is 50.0. The van der Waals surface area contributed by atoms with Gasteiger partial charge in [0.05, 0.1) is 19.8 Å². The van der Waals surface area contributed by atoms with E-state index in [0.717, 1.165) is 83.5 Å². The van der Waals surface area contributed by atoms with E-state index in [4.69, 9.17) is 23.6 Å². The summed E-state index contributed by atoms with van der Waals surface area (Å²) in [5.41, 5.74) is 0. The summed E-state index contributed by atoms with van der Waals surface area (Å²) < 4.78 is 43.9. The average molecular weight is 1000 g/mol. The van der Waals surface area contributed by atoms with Gasteiger partial charge in [-0.2, -0.15) is 0 Å². The van der Waals surface area contributed by atoms with Gasteiger partial charge in [-0.3, -0.25) is 37.5 Å². The smallest absolute Gasteiger partial charge is 0.472 e. The SMILES string of the molecule is CCCCCCCCCCCCCC(=O)N[C@H](COP(=O)(O)OCCNC(=O)C(CCCOP(=O)(O)O)C(=O)O)C(=O)NCCC(CCCCCCC)OC(=O)CCCCCCCCCCC. The summed E-state index contributed by atoms with van der Waals surface area (Å²) in [6, 6.07) is -1.38. The molecule has 0 aliphatic rings. The van der Waals surface area contributed by atoms with E-state index in [-0.39, 0.29) is 31.8 Å². The predicted molar refractivity (Wildman–Crippen MR) is 259 cm³/mol. The number of ether oxygens (including phenoxy) is 1. The molecule has 0 saturated heterocycles. The van der Waals surface area contributed by atoms with Crippen LogP contribution in [0, 0.1) is 5.92 Å². The number of hydrogen-bond donors (Lipinski definition) is 7. The number of unbranched alkanes of at least 4 members (excludes halogenated alkanes) is 22. The van der Waals surface area contributed by atoms with Gasteiger partial charge in [0.15, 0.2) is 0 Å². The third kappa shape index (κ3) is 41.1.